The number of phosphoric acid groups is 3. The number of nitrogens with one attached hydrogen (secondary N) is 1. The third kappa shape index (κ3) is 5.64. The fourth-order valence-corrected chi connectivity index (χ4v) is 6.11. The minimum atomic E-state index is -5.93. The van der Waals surface area contributed by atoms with Gasteiger partial charge in [0.05, 0.1) is 13.3 Å². The number of aromatic nitrogens is 4. The second-order valence-electron chi connectivity index (χ2n) is 6.93. The summed E-state index contributed by atoms with van der Waals surface area (Å²) in [5.41, 5.74) is 1.09. The quantitative estimate of drug-likeness (QED) is 0.148. The van der Waals surface area contributed by atoms with E-state index < -0.39 is 65.4 Å². The Morgan fingerprint density at radius 2 is 1.91 bits per heavy atom. The number of halogens is 2. The van der Waals surface area contributed by atoms with Crippen LogP contribution in [-0.4, -0.2) is 68.4 Å². The Labute approximate surface area is 192 Å². The Morgan fingerprint density at radius 3 is 2.49 bits per heavy atom. The van der Waals surface area contributed by atoms with E-state index in [1.165, 1.54) is 0 Å². The maximum Gasteiger partial charge on any atom is 0.490 e. The number of alkyl halides is 2. The van der Waals surface area contributed by atoms with Gasteiger partial charge in [0, 0.05) is 0 Å². The molecule has 2 aromatic heterocycles. The van der Waals surface area contributed by atoms with Gasteiger partial charge in [0.15, 0.2) is 11.2 Å². The van der Waals surface area contributed by atoms with E-state index >= 15 is 8.78 Å². The van der Waals surface area contributed by atoms with Crippen molar-refractivity contribution in [2.24, 2.45) is 0 Å². The van der Waals surface area contributed by atoms with Crippen LogP contribution in [-0.2, 0) is 31.6 Å². The first-order valence-electron chi connectivity index (χ1n) is 8.87. The molecule has 0 saturated carbocycles. The van der Waals surface area contributed by atoms with Crippen LogP contribution in [0.2, 0.25) is 0 Å². The second-order valence-corrected chi connectivity index (χ2v) is 11.4. The smallest absolute Gasteiger partial charge is 0.369 e. The van der Waals surface area contributed by atoms with Gasteiger partial charge in [-0.3, -0.25) is 18.9 Å². The monoisotopic (exact) mass is 570 g/mol. The lowest BCUT2D eigenvalue weighted by atomic mass is 9.91. The largest absolute Gasteiger partial charge is 0.490 e. The van der Waals surface area contributed by atoms with Crippen LogP contribution in [0.5, 0.6) is 0 Å². The van der Waals surface area contributed by atoms with Gasteiger partial charge in [-0.15, -0.1) is 0 Å². The lowest BCUT2D eigenvalue weighted by molar-refractivity contribution is -0.193. The number of phosphoric ester groups is 1. The number of rotatable bonds is 9. The van der Waals surface area contributed by atoms with Gasteiger partial charge in [0.1, 0.15) is 13.0 Å². The van der Waals surface area contributed by atoms with Gasteiger partial charge >= 0.3 is 23.5 Å². The van der Waals surface area contributed by atoms with Crippen molar-refractivity contribution in [2.45, 2.75) is 30.8 Å². The number of aromatic amines is 1. The number of aliphatic hydroxyl groups is 1. The minimum Gasteiger partial charge on any atom is -0.369 e. The van der Waals surface area contributed by atoms with E-state index in [0.29, 0.717) is 0 Å². The first kappa shape index (κ1) is 27.8. The van der Waals surface area contributed by atoms with Crippen LogP contribution in [0.4, 0.5) is 14.7 Å². The van der Waals surface area contributed by atoms with Gasteiger partial charge in [-0.2, -0.15) is 13.6 Å². The SMILES string of the molecule is C[CH+]C1(O)C(n2cnc3c(=O)[nH]c(N)nc32)OC(F)(COP(=O)(O)OP(=O)(O)OP(=O)(O)O)C1F. The first-order valence-corrected chi connectivity index (χ1v) is 13.4. The zero-order valence-corrected chi connectivity index (χ0v) is 19.7. The standard InChI is InChI=1S/C12H16F2N5O13P3/c1-2-11(21)8(13)12(14,3-29-34(25,26)32-35(27,28)31-33(22,23)24)30-9(11)19-4-16-5-6(19)17-10(15)18-7(5)20/h2,4,8-9,21H,3H2,1H3,(H6-,15,17,18,20,22,23,24,25,26,27,28)/p+1. The number of fused-ring (bicyclic) bond motifs is 1. The summed E-state index contributed by atoms with van der Waals surface area (Å²) in [7, 11) is -17.5. The molecule has 2 aromatic rings. The zero-order chi connectivity index (χ0) is 26.6. The molecule has 35 heavy (non-hydrogen) atoms. The molecule has 1 aliphatic rings. The Hall–Kier alpha value is -1.79. The number of imidazole rings is 1. The fraction of sp³-hybridized carbons (Fsp3) is 0.500. The highest BCUT2D eigenvalue weighted by molar-refractivity contribution is 7.66. The van der Waals surface area contributed by atoms with Gasteiger partial charge in [-0.05, 0) is 0 Å². The summed E-state index contributed by atoms with van der Waals surface area (Å²) in [6, 6.07) is 0. The Bertz CT molecular complexity index is 1330. The highest BCUT2D eigenvalue weighted by Crippen LogP contribution is 2.66. The number of anilines is 1. The van der Waals surface area contributed by atoms with Crippen LogP contribution in [0.25, 0.3) is 11.2 Å². The number of nitrogen functional groups attached to an aromatic ring is 1. The van der Waals surface area contributed by atoms with Gasteiger partial charge in [-0.1, -0.05) is 0 Å². The van der Waals surface area contributed by atoms with Crippen molar-refractivity contribution in [3.8, 4) is 0 Å². The average molecular weight is 570 g/mol. The molecular weight excluding hydrogens is 553 g/mol. The molecule has 0 radical (unpaired) electrons. The number of nitrogens with zero attached hydrogens (tertiary/aromatic N) is 3. The summed E-state index contributed by atoms with van der Waals surface area (Å²) in [6.07, 6.45) is -3.51. The maximum absolute atomic E-state index is 15.4. The molecule has 6 unspecified atom stereocenters. The summed E-state index contributed by atoms with van der Waals surface area (Å²) in [5, 5.41) is 10.8. The highest BCUT2D eigenvalue weighted by Gasteiger charge is 2.71. The van der Waals surface area contributed by atoms with Gasteiger partial charge in [0.25, 0.3) is 17.0 Å². The predicted octanol–water partition coefficient (Wildman–Crippen LogP) is -0.467. The molecule has 6 atom stereocenters. The van der Waals surface area contributed by atoms with Crippen LogP contribution < -0.4 is 11.3 Å². The van der Waals surface area contributed by atoms with Gasteiger partial charge in [-0.25, -0.2) is 27.5 Å². The molecular formula is C12H17F2N5O13P3+. The molecule has 18 nitrogen and oxygen atoms in total. The van der Waals surface area contributed by atoms with E-state index in [9.17, 15) is 28.5 Å². The molecule has 1 fully saturated rings. The normalized spacial score (nSPS) is 30.7. The van der Waals surface area contributed by atoms with E-state index in [4.69, 9.17) is 25.2 Å². The Kier molecular flexibility index (Phi) is 7.11. The molecule has 0 amide bonds. The molecule has 23 heteroatoms. The molecule has 0 aromatic carbocycles. The number of hydrogen-bond donors (Lipinski definition) is 7. The molecule has 0 bridgehead atoms. The van der Waals surface area contributed by atoms with Crippen LogP contribution in [0, 0.1) is 6.42 Å². The minimum absolute atomic E-state index is 0.346. The molecule has 0 spiro atoms. The van der Waals surface area contributed by atoms with Crippen molar-refractivity contribution in [3.63, 3.8) is 0 Å². The average Bonchev–Trinajstić information content (AvgIpc) is 3.18. The van der Waals surface area contributed by atoms with E-state index in [0.717, 1.165) is 24.2 Å². The molecule has 1 saturated heterocycles. The summed E-state index contributed by atoms with van der Waals surface area (Å²) >= 11 is 0. The van der Waals surface area contributed by atoms with Crippen molar-refractivity contribution in [1.29, 1.82) is 0 Å². The van der Waals surface area contributed by atoms with Crippen molar-refractivity contribution in [2.75, 3.05) is 12.3 Å². The Balaban J connectivity index is 1.88. The van der Waals surface area contributed by atoms with Crippen LogP contribution >= 0.6 is 23.5 Å². The van der Waals surface area contributed by atoms with Crippen LogP contribution in [0.3, 0.4) is 0 Å². The fourth-order valence-electron chi connectivity index (χ4n) is 3.07. The molecule has 196 valence electrons. The molecule has 8 N–H and O–H groups in total. The van der Waals surface area contributed by atoms with E-state index in [1.807, 2.05) is 0 Å². The second kappa shape index (κ2) is 8.95. The maximum atomic E-state index is 15.4. The number of H-pyrrole nitrogens is 1. The lowest BCUT2D eigenvalue weighted by Crippen LogP contribution is -2.48. The summed E-state index contributed by atoms with van der Waals surface area (Å²) in [5.74, 6) is -4.16. The topological polar surface area (TPSA) is 279 Å². The number of nitrogens with two attached hydrogens (primary N) is 1. The third-order valence-electron chi connectivity index (χ3n) is 4.49. The summed E-state index contributed by atoms with van der Waals surface area (Å²) in [4.78, 5) is 57.2. The zero-order valence-electron chi connectivity index (χ0n) is 17.0. The highest BCUT2D eigenvalue weighted by atomic mass is 31.3. The van der Waals surface area contributed by atoms with Crippen LogP contribution in [0.1, 0.15) is 13.2 Å². The van der Waals surface area contributed by atoms with Gasteiger partial charge in [0.2, 0.25) is 18.3 Å². The summed E-state index contributed by atoms with van der Waals surface area (Å²) < 4.78 is 81.1. The third-order valence-corrected chi connectivity index (χ3v) is 8.28. The van der Waals surface area contributed by atoms with Crippen LogP contribution in [0.15, 0.2) is 11.1 Å². The van der Waals surface area contributed by atoms with Gasteiger partial charge < -0.3 is 35.2 Å². The van der Waals surface area contributed by atoms with Crippen molar-refractivity contribution in [1.82, 2.24) is 19.5 Å². The predicted molar refractivity (Wildman–Crippen MR) is 106 cm³/mol. The van der Waals surface area contributed by atoms with Crippen molar-refractivity contribution < 1.29 is 65.0 Å². The van der Waals surface area contributed by atoms with Crippen molar-refractivity contribution in [3.05, 3.63) is 23.1 Å². The molecule has 0 aliphatic carbocycles. The lowest BCUT2D eigenvalue weighted by Gasteiger charge is -2.23. The molecule has 1 aliphatic heterocycles. The number of hydrogen-bond acceptors (Lipinski definition) is 12. The number of ether oxygens (including phenoxy) is 1. The van der Waals surface area contributed by atoms with E-state index in [2.05, 4.69) is 28.1 Å². The molecule has 3 rings (SSSR count). The molecule has 3 heterocycles. The van der Waals surface area contributed by atoms with Crippen molar-refractivity contribution >= 4 is 40.6 Å². The van der Waals surface area contributed by atoms with E-state index in [-0.39, 0.29) is 11.2 Å². The van der Waals surface area contributed by atoms with E-state index in [1.54, 1.807) is 0 Å². The Morgan fingerprint density at radius 1 is 1.29 bits per heavy atom. The summed E-state index contributed by atoms with van der Waals surface area (Å²) in [6.45, 7) is -0.766. The first-order chi connectivity index (χ1) is 15.8.